The molecule has 1 saturated heterocycles. The third kappa shape index (κ3) is 2.57. The fourth-order valence-corrected chi connectivity index (χ4v) is 2.83. The van der Waals surface area contributed by atoms with Gasteiger partial charge in [0.25, 0.3) is 0 Å². The predicted molar refractivity (Wildman–Crippen MR) is 57.9 cm³/mol. The van der Waals surface area contributed by atoms with E-state index in [1.165, 1.54) is 0 Å². The maximum absolute atomic E-state index is 11.2. The Morgan fingerprint density at radius 3 is 2.60 bits per heavy atom. The first kappa shape index (κ1) is 10.6. The molecule has 0 aromatic carbocycles. The molecule has 0 unspecified atom stereocenters. The lowest BCUT2D eigenvalue weighted by molar-refractivity contribution is 0.586. The number of hydrogen-bond acceptors (Lipinski definition) is 5. The van der Waals surface area contributed by atoms with Crippen LogP contribution in [0, 0.1) is 0 Å². The molecule has 0 radical (unpaired) electrons. The van der Waals surface area contributed by atoms with Gasteiger partial charge in [0, 0.05) is 19.2 Å². The van der Waals surface area contributed by atoms with E-state index in [4.69, 9.17) is 11.6 Å². The summed E-state index contributed by atoms with van der Waals surface area (Å²) in [4.78, 5) is 1.95. The lowest BCUT2D eigenvalue weighted by Crippen LogP contribution is -2.40. The molecule has 0 N–H and O–H groups in total. The van der Waals surface area contributed by atoms with Gasteiger partial charge in [0.15, 0.2) is 15.0 Å². The summed E-state index contributed by atoms with van der Waals surface area (Å²) in [6.07, 6.45) is 1.59. The molecule has 0 atom stereocenters. The van der Waals surface area contributed by atoms with Gasteiger partial charge in [0.1, 0.15) is 0 Å². The molecular weight excluding hydrogens is 238 g/mol. The summed E-state index contributed by atoms with van der Waals surface area (Å²) in [5, 5.41) is 7.68. The second-order valence-corrected chi connectivity index (χ2v) is 6.07. The summed E-state index contributed by atoms with van der Waals surface area (Å²) in [7, 11) is -2.84. The zero-order chi connectivity index (χ0) is 10.9. The maximum atomic E-state index is 11.2. The summed E-state index contributed by atoms with van der Waals surface area (Å²) in [6.45, 7) is 0.981. The molecule has 5 nitrogen and oxygen atoms in total. The van der Waals surface area contributed by atoms with E-state index in [1.807, 2.05) is 4.90 Å². The molecule has 1 aliphatic rings. The van der Waals surface area contributed by atoms with Gasteiger partial charge in [0.05, 0.1) is 23.4 Å². The Kier molecular flexibility index (Phi) is 2.79. The van der Waals surface area contributed by atoms with Crippen molar-refractivity contribution in [2.75, 3.05) is 29.5 Å². The average Bonchev–Trinajstić information content (AvgIpc) is 2.17. The van der Waals surface area contributed by atoms with Crippen LogP contribution in [-0.2, 0) is 9.84 Å². The van der Waals surface area contributed by atoms with Gasteiger partial charge in [-0.05, 0) is 0 Å². The van der Waals surface area contributed by atoms with E-state index in [0.29, 0.717) is 18.2 Å². The quantitative estimate of drug-likeness (QED) is 0.717. The molecule has 0 aliphatic carbocycles. The lowest BCUT2D eigenvalue weighted by atomic mass is 10.4. The highest BCUT2D eigenvalue weighted by atomic mass is 35.5. The molecule has 1 aromatic rings. The number of aromatic nitrogens is 2. The van der Waals surface area contributed by atoms with Crippen molar-refractivity contribution in [3.8, 4) is 0 Å². The number of sulfone groups is 1. The van der Waals surface area contributed by atoms with E-state index in [2.05, 4.69) is 10.2 Å². The van der Waals surface area contributed by atoms with Crippen molar-refractivity contribution in [2.45, 2.75) is 0 Å². The second-order valence-electron chi connectivity index (χ2n) is 3.38. The Morgan fingerprint density at radius 1 is 1.33 bits per heavy atom. The van der Waals surface area contributed by atoms with Crippen LogP contribution < -0.4 is 4.90 Å². The first-order valence-electron chi connectivity index (χ1n) is 4.50. The summed E-state index contributed by atoms with van der Waals surface area (Å²) in [6, 6.07) is 1.69. The molecule has 1 fully saturated rings. The van der Waals surface area contributed by atoms with Gasteiger partial charge in [-0.2, -0.15) is 5.10 Å². The van der Waals surface area contributed by atoms with Crippen LogP contribution in [0.1, 0.15) is 0 Å². The van der Waals surface area contributed by atoms with Gasteiger partial charge < -0.3 is 4.90 Å². The van der Waals surface area contributed by atoms with Crippen molar-refractivity contribution in [3.63, 3.8) is 0 Å². The van der Waals surface area contributed by atoms with Crippen molar-refractivity contribution in [1.82, 2.24) is 10.2 Å². The molecule has 2 rings (SSSR count). The third-order valence-corrected chi connectivity index (χ3v) is 4.11. The molecule has 0 saturated carbocycles. The van der Waals surface area contributed by atoms with Crippen LogP contribution in [-0.4, -0.2) is 43.2 Å². The molecular formula is C8H10ClN3O2S. The largest absolute Gasteiger partial charge is 0.368 e. The molecule has 82 valence electrons. The molecule has 0 bridgehead atoms. The van der Waals surface area contributed by atoms with Crippen LogP contribution in [0.25, 0.3) is 0 Å². The molecule has 1 aromatic heterocycles. The lowest BCUT2D eigenvalue weighted by Gasteiger charge is -2.28. The Balaban J connectivity index is 2.14. The number of hydrogen-bond donors (Lipinski definition) is 0. The fraction of sp³-hybridized carbons (Fsp3) is 0.500. The first-order chi connectivity index (χ1) is 7.07. The minimum absolute atomic E-state index is 0.187. The van der Waals surface area contributed by atoms with E-state index in [9.17, 15) is 8.42 Å². The maximum Gasteiger partial charge on any atom is 0.153 e. The first-order valence-corrected chi connectivity index (χ1v) is 6.70. The standard InChI is InChI=1S/C8H10ClN3O2S/c9-8-5-7(6-10-11-8)12-1-3-15(13,14)4-2-12/h5-6H,1-4H2. The monoisotopic (exact) mass is 247 g/mol. The van der Waals surface area contributed by atoms with Gasteiger partial charge in [-0.1, -0.05) is 11.6 Å². The zero-order valence-electron chi connectivity index (χ0n) is 7.93. The molecule has 1 aliphatic heterocycles. The SMILES string of the molecule is O=S1(=O)CCN(c2cnnc(Cl)c2)CC1. The van der Waals surface area contributed by atoms with Crippen molar-refractivity contribution in [3.05, 3.63) is 17.4 Å². The van der Waals surface area contributed by atoms with Gasteiger partial charge in [-0.15, -0.1) is 5.10 Å². The summed E-state index contributed by atoms with van der Waals surface area (Å²) < 4.78 is 22.4. The van der Waals surface area contributed by atoms with E-state index in [0.717, 1.165) is 5.69 Å². The number of nitrogens with zero attached hydrogens (tertiary/aromatic N) is 3. The summed E-state index contributed by atoms with van der Waals surface area (Å²) in [5.74, 6) is 0.375. The summed E-state index contributed by atoms with van der Waals surface area (Å²) in [5.41, 5.74) is 0.824. The van der Waals surface area contributed by atoms with Crippen LogP contribution >= 0.6 is 11.6 Å². The predicted octanol–water partition coefficient (Wildman–Crippen LogP) is 0.365. The molecule has 15 heavy (non-hydrogen) atoms. The fourth-order valence-electron chi connectivity index (χ4n) is 1.47. The minimum Gasteiger partial charge on any atom is -0.368 e. The minimum atomic E-state index is -2.84. The van der Waals surface area contributed by atoms with E-state index < -0.39 is 9.84 Å². The molecule has 2 heterocycles. The Labute approximate surface area is 93.0 Å². The van der Waals surface area contributed by atoms with Gasteiger partial charge >= 0.3 is 0 Å². The Morgan fingerprint density at radius 2 is 2.00 bits per heavy atom. The van der Waals surface area contributed by atoms with Crippen LogP contribution in [0.4, 0.5) is 5.69 Å². The highest BCUT2D eigenvalue weighted by Crippen LogP contribution is 2.18. The van der Waals surface area contributed by atoms with Crippen LogP contribution in [0.15, 0.2) is 12.3 Å². The van der Waals surface area contributed by atoms with Gasteiger partial charge in [0.2, 0.25) is 0 Å². The highest BCUT2D eigenvalue weighted by Gasteiger charge is 2.21. The van der Waals surface area contributed by atoms with Crippen molar-refractivity contribution >= 4 is 27.1 Å². The van der Waals surface area contributed by atoms with Crippen molar-refractivity contribution < 1.29 is 8.42 Å². The van der Waals surface area contributed by atoms with Crippen LogP contribution in [0.3, 0.4) is 0 Å². The molecule has 0 spiro atoms. The average molecular weight is 248 g/mol. The van der Waals surface area contributed by atoms with E-state index >= 15 is 0 Å². The smallest absolute Gasteiger partial charge is 0.153 e. The Hall–Kier alpha value is -0.880. The van der Waals surface area contributed by atoms with Gasteiger partial charge in [-0.3, -0.25) is 0 Å². The normalized spacial score (nSPS) is 20.2. The topological polar surface area (TPSA) is 63.2 Å². The molecule has 0 amide bonds. The summed E-state index contributed by atoms with van der Waals surface area (Å²) >= 11 is 5.70. The molecule has 7 heteroatoms. The second kappa shape index (κ2) is 3.94. The van der Waals surface area contributed by atoms with E-state index in [1.54, 1.807) is 12.3 Å². The van der Waals surface area contributed by atoms with Crippen LogP contribution in [0.5, 0.6) is 0 Å². The zero-order valence-corrected chi connectivity index (χ0v) is 9.50. The number of halogens is 1. The highest BCUT2D eigenvalue weighted by molar-refractivity contribution is 7.91. The van der Waals surface area contributed by atoms with Crippen LogP contribution in [0.2, 0.25) is 5.15 Å². The Bertz CT molecular complexity index is 449. The number of rotatable bonds is 1. The van der Waals surface area contributed by atoms with Gasteiger partial charge in [-0.25, -0.2) is 8.42 Å². The number of anilines is 1. The van der Waals surface area contributed by atoms with E-state index in [-0.39, 0.29) is 11.5 Å². The van der Waals surface area contributed by atoms with Crippen molar-refractivity contribution in [1.29, 1.82) is 0 Å². The van der Waals surface area contributed by atoms with Crippen molar-refractivity contribution in [2.24, 2.45) is 0 Å². The third-order valence-electron chi connectivity index (χ3n) is 2.32.